The zero-order valence-electron chi connectivity index (χ0n) is 10.7. The minimum atomic E-state index is -4.00. The summed E-state index contributed by atoms with van der Waals surface area (Å²) in [5.74, 6) is -0.140. The highest BCUT2D eigenvalue weighted by Gasteiger charge is 2.27. The Morgan fingerprint density at radius 3 is 2.71 bits per heavy atom. The summed E-state index contributed by atoms with van der Waals surface area (Å²) < 4.78 is 26.9. The number of nitrogens with one attached hydrogen (secondary N) is 2. The molecular weight excluding hydrogens is 322 g/mol. The van der Waals surface area contributed by atoms with Crippen LogP contribution in [0.2, 0.25) is 5.02 Å². The smallest absolute Gasteiger partial charge is 0.270 e. The number of benzene rings is 1. The maximum atomic E-state index is 12.2. The number of non-ortho nitro benzene ring substituents is 1. The fourth-order valence-electron chi connectivity index (χ4n) is 1.93. The monoisotopic (exact) mass is 333 g/mol. The van der Waals surface area contributed by atoms with Gasteiger partial charge in [-0.25, -0.2) is 13.1 Å². The van der Waals surface area contributed by atoms with E-state index in [-0.39, 0.29) is 34.5 Å². The number of sulfonamides is 1. The number of nitro benzene ring substituents is 1. The molecule has 0 aromatic heterocycles. The van der Waals surface area contributed by atoms with Crippen LogP contribution in [-0.4, -0.2) is 31.8 Å². The van der Waals surface area contributed by atoms with E-state index in [1.54, 1.807) is 0 Å². The Morgan fingerprint density at radius 2 is 2.14 bits per heavy atom. The van der Waals surface area contributed by atoms with Crippen molar-refractivity contribution in [2.75, 3.05) is 6.54 Å². The van der Waals surface area contributed by atoms with Crippen molar-refractivity contribution in [2.45, 2.75) is 23.8 Å². The number of hydrogen-bond donors (Lipinski definition) is 2. The van der Waals surface area contributed by atoms with Crippen molar-refractivity contribution in [1.29, 1.82) is 0 Å². The Hall–Kier alpha value is -1.71. The van der Waals surface area contributed by atoms with Crippen molar-refractivity contribution in [2.24, 2.45) is 0 Å². The van der Waals surface area contributed by atoms with Gasteiger partial charge in [-0.15, -0.1) is 0 Å². The van der Waals surface area contributed by atoms with E-state index in [9.17, 15) is 23.3 Å². The minimum absolute atomic E-state index is 0.104. The second-order valence-corrected chi connectivity index (χ2v) is 6.62. The zero-order valence-corrected chi connectivity index (χ0v) is 12.3. The highest BCUT2D eigenvalue weighted by molar-refractivity contribution is 7.89. The minimum Gasteiger partial charge on any atom is -0.355 e. The van der Waals surface area contributed by atoms with E-state index < -0.39 is 21.0 Å². The van der Waals surface area contributed by atoms with E-state index in [2.05, 4.69) is 10.0 Å². The molecular formula is C11H12ClN3O5S. The van der Waals surface area contributed by atoms with E-state index >= 15 is 0 Å². The van der Waals surface area contributed by atoms with Crippen LogP contribution in [0.25, 0.3) is 0 Å². The second-order valence-electron chi connectivity index (χ2n) is 4.53. The van der Waals surface area contributed by atoms with Gasteiger partial charge in [0.25, 0.3) is 5.69 Å². The van der Waals surface area contributed by atoms with E-state index in [0.717, 1.165) is 18.2 Å². The fraction of sp³-hybridized carbons (Fsp3) is 0.364. The Balaban J connectivity index is 2.25. The summed E-state index contributed by atoms with van der Waals surface area (Å²) in [4.78, 5) is 20.7. The lowest BCUT2D eigenvalue weighted by Gasteiger charge is -2.23. The van der Waals surface area contributed by atoms with Gasteiger partial charge in [0.15, 0.2) is 0 Å². The van der Waals surface area contributed by atoms with Gasteiger partial charge in [0.2, 0.25) is 15.9 Å². The molecule has 1 atom stereocenters. The summed E-state index contributed by atoms with van der Waals surface area (Å²) in [6.45, 7) is 0.171. The normalized spacial score (nSPS) is 19.1. The van der Waals surface area contributed by atoms with E-state index in [0.29, 0.717) is 6.42 Å². The van der Waals surface area contributed by atoms with Crippen LogP contribution in [0.15, 0.2) is 23.1 Å². The first-order valence-corrected chi connectivity index (χ1v) is 7.88. The molecule has 0 saturated carbocycles. The molecule has 1 aromatic rings. The summed E-state index contributed by atoms with van der Waals surface area (Å²) in [6.07, 6.45) is 0.577. The highest BCUT2D eigenvalue weighted by Crippen LogP contribution is 2.26. The summed E-state index contributed by atoms with van der Waals surface area (Å²) >= 11 is 5.81. The molecule has 0 bridgehead atoms. The van der Waals surface area contributed by atoms with Crippen LogP contribution < -0.4 is 10.0 Å². The summed E-state index contributed by atoms with van der Waals surface area (Å²) in [7, 11) is -4.00. The van der Waals surface area contributed by atoms with Crippen molar-refractivity contribution in [1.82, 2.24) is 10.0 Å². The number of carbonyl (C=O) groups excluding carboxylic acids is 1. The van der Waals surface area contributed by atoms with Gasteiger partial charge in [-0.3, -0.25) is 14.9 Å². The van der Waals surface area contributed by atoms with E-state index in [1.165, 1.54) is 0 Å². The molecule has 1 saturated heterocycles. The fourth-order valence-corrected chi connectivity index (χ4v) is 3.72. The number of halogens is 1. The SMILES string of the molecule is O=C1CCC(NS(=O)(=O)c2cc([N+](=O)[O-])ccc2Cl)CN1. The van der Waals surface area contributed by atoms with Crippen molar-refractivity contribution in [3.63, 3.8) is 0 Å². The Labute approximate surface area is 125 Å². The molecule has 10 heteroatoms. The lowest BCUT2D eigenvalue weighted by molar-refractivity contribution is -0.385. The predicted octanol–water partition coefficient (Wildman–Crippen LogP) is 0.805. The standard InChI is InChI=1S/C11H12ClN3O5S/c12-9-3-2-8(15(17)18)5-10(9)21(19,20)14-7-1-4-11(16)13-6-7/h2-3,5,7,14H,1,4,6H2,(H,13,16). The molecule has 1 fully saturated rings. The van der Waals surface area contributed by atoms with Gasteiger partial charge in [0, 0.05) is 31.1 Å². The number of nitrogens with zero attached hydrogens (tertiary/aromatic N) is 1. The van der Waals surface area contributed by atoms with Crippen molar-refractivity contribution in [3.05, 3.63) is 33.3 Å². The molecule has 1 amide bonds. The average Bonchev–Trinajstić information content (AvgIpc) is 2.41. The molecule has 1 aromatic carbocycles. The van der Waals surface area contributed by atoms with Gasteiger partial charge in [0.1, 0.15) is 4.90 Å². The Morgan fingerprint density at radius 1 is 1.43 bits per heavy atom. The third-order valence-corrected chi connectivity index (χ3v) is 5.00. The third-order valence-electron chi connectivity index (χ3n) is 3.00. The van der Waals surface area contributed by atoms with E-state index in [1.807, 2.05) is 0 Å². The predicted molar refractivity (Wildman–Crippen MR) is 74.5 cm³/mol. The first kappa shape index (κ1) is 15.7. The van der Waals surface area contributed by atoms with Crippen molar-refractivity contribution in [3.8, 4) is 0 Å². The molecule has 2 rings (SSSR count). The third kappa shape index (κ3) is 3.69. The van der Waals surface area contributed by atoms with Crippen LogP contribution in [0.4, 0.5) is 5.69 Å². The second kappa shape index (κ2) is 5.96. The molecule has 0 spiro atoms. The number of amides is 1. The van der Waals surface area contributed by atoms with Crippen LogP contribution in [0.5, 0.6) is 0 Å². The molecule has 114 valence electrons. The quantitative estimate of drug-likeness (QED) is 0.624. The van der Waals surface area contributed by atoms with Gasteiger partial charge in [-0.1, -0.05) is 11.6 Å². The van der Waals surface area contributed by atoms with Gasteiger partial charge in [-0.05, 0) is 12.5 Å². The van der Waals surface area contributed by atoms with Gasteiger partial charge < -0.3 is 5.32 Å². The zero-order chi connectivity index (χ0) is 15.6. The Bertz CT molecular complexity index is 681. The van der Waals surface area contributed by atoms with Crippen LogP contribution in [0, 0.1) is 10.1 Å². The van der Waals surface area contributed by atoms with Crippen LogP contribution in [-0.2, 0) is 14.8 Å². The Kier molecular flexibility index (Phi) is 4.45. The molecule has 8 nitrogen and oxygen atoms in total. The number of hydrogen-bond acceptors (Lipinski definition) is 5. The van der Waals surface area contributed by atoms with Crippen molar-refractivity contribution < 1.29 is 18.1 Å². The molecule has 21 heavy (non-hydrogen) atoms. The molecule has 0 aliphatic carbocycles. The number of rotatable bonds is 4. The van der Waals surface area contributed by atoms with Crippen LogP contribution >= 0.6 is 11.6 Å². The number of nitro groups is 1. The maximum Gasteiger partial charge on any atom is 0.270 e. The van der Waals surface area contributed by atoms with E-state index in [4.69, 9.17) is 11.6 Å². The summed E-state index contributed by atoms with van der Waals surface area (Å²) in [6, 6.07) is 2.73. The molecule has 1 aliphatic rings. The maximum absolute atomic E-state index is 12.2. The molecule has 1 heterocycles. The summed E-state index contributed by atoms with van der Waals surface area (Å²) in [5.41, 5.74) is -0.364. The highest BCUT2D eigenvalue weighted by atomic mass is 35.5. The molecule has 1 unspecified atom stereocenters. The van der Waals surface area contributed by atoms with Crippen LogP contribution in [0.1, 0.15) is 12.8 Å². The van der Waals surface area contributed by atoms with Gasteiger partial charge in [-0.2, -0.15) is 0 Å². The first-order valence-electron chi connectivity index (χ1n) is 6.02. The molecule has 0 radical (unpaired) electrons. The average molecular weight is 334 g/mol. The lowest BCUT2D eigenvalue weighted by Crippen LogP contribution is -2.47. The summed E-state index contributed by atoms with van der Waals surface area (Å²) in [5, 5.41) is 13.2. The number of carbonyl (C=O) groups is 1. The topological polar surface area (TPSA) is 118 Å². The molecule has 2 N–H and O–H groups in total. The van der Waals surface area contributed by atoms with Gasteiger partial charge >= 0.3 is 0 Å². The van der Waals surface area contributed by atoms with Crippen LogP contribution in [0.3, 0.4) is 0 Å². The van der Waals surface area contributed by atoms with Gasteiger partial charge in [0.05, 0.1) is 9.95 Å². The molecule has 1 aliphatic heterocycles. The van der Waals surface area contributed by atoms with Crippen molar-refractivity contribution >= 4 is 33.2 Å². The first-order chi connectivity index (χ1) is 9.79. The lowest BCUT2D eigenvalue weighted by atomic mass is 10.1. The number of piperidine rings is 1. The largest absolute Gasteiger partial charge is 0.355 e.